The van der Waals surface area contributed by atoms with E-state index in [1.165, 1.54) is 5.56 Å². The van der Waals surface area contributed by atoms with Crippen molar-refractivity contribution in [2.45, 2.75) is 30.3 Å². The number of para-hydroxylation sites is 1. The highest BCUT2D eigenvalue weighted by Gasteiger charge is 2.32. The van der Waals surface area contributed by atoms with Crippen molar-refractivity contribution in [3.63, 3.8) is 0 Å². The van der Waals surface area contributed by atoms with Gasteiger partial charge in [-0.2, -0.15) is 0 Å². The highest BCUT2D eigenvalue weighted by atomic mass is 32.2. The van der Waals surface area contributed by atoms with E-state index in [9.17, 15) is 4.79 Å². The molecule has 0 atom stereocenters. The van der Waals surface area contributed by atoms with Crippen LogP contribution in [0.5, 0.6) is 0 Å². The zero-order valence-electron chi connectivity index (χ0n) is 14.0. The standard InChI is InChI=1S/C21H20N2OS/c24-21(23(17-10-11-17)14-16-6-2-1-3-7-16)15-25-20-12-13-22-19-9-5-4-8-18(19)20/h1-9,12-13,17H,10-11,14-15H2. The van der Waals surface area contributed by atoms with E-state index < -0.39 is 0 Å². The number of carbonyl (C=O) groups excluding carboxylic acids is 1. The van der Waals surface area contributed by atoms with E-state index in [-0.39, 0.29) is 5.91 Å². The minimum Gasteiger partial charge on any atom is -0.335 e. The van der Waals surface area contributed by atoms with Gasteiger partial charge in [-0.3, -0.25) is 9.78 Å². The Morgan fingerprint density at radius 3 is 2.60 bits per heavy atom. The molecular weight excluding hydrogens is 328 g/mol. The number of benzene rings is 2. The molecule has 0 N–H and O–H groups in total. The molecule has 25 heavy (non-hydrogen) atoms. The van der Waals surface area contributed by atoms with Crippen LogP contribution in [0.3, 0.4) is 0 Å². The molecule has 1 aromatic heterocycles. The first-order chi connectivity index (χ1) is 12.3. The van der Waals surface area contributed by atoms with Gasteiger partial charge in [-0.05, 0) is 30.5 Å². The Labute approximate surface area is 152 Å². The molecule has 1 aliphatic carbocycles. The molecule has 2 aromatic carbocycles. The summed E-state index contributed by atoms with van der Waals surface area (Å²) < 4.78 is 0. The first-order valence-electron chi connectivity index (χ1n) is 8.61. The topological polar surface area (TPSA) is 33.2 Å². The van der Waals surface area contributed by atoms with Crippen LogP contribution in [0.25, 0.3) is 10.9 Å². The number of hydrogen-bond acceptors (Lipinski definition) is 3. The van der Waals surface area contributed by atoms with E-state index in [2.05, 4.69) is 23.2 Å². The smallest absolute Gasteiger partial charge is 0.233 e. The van der Waals surface area contributed by atoms with Gasteiger partial charge in [0.2, 0.25) is 5.91 Å². The second kappa shape index (κ2) is 7.28. The molecule has 0 aliphatic heterocycles. The van der Waals surface area contributed by atoms with Gasteiger partial charge >= 0.3 is 0 Å². The molecule has 1 fully saturated rings. The Hall–Kier alpha value is -2.33. The van der Waals surface area contributed by atoms with Crippen LogP contribution < -0.4 is 0 Å². The number of aromatic nitrogens is 1. The molecule has 0 saturated heterocycles. The van der Waals surface area contributed by atoms with Crippen LogP contribution in [0.1, 0.15) is 18.4 Å². The molecule has 3 aromatic rings. The van der Waals surface area contributed by atoms with Crippen molar-refractivity contribution < 1.29 is 4.79 Å². The zero-order valence-corrected chi connectivity index (χ0v) is 14.8. The van der Waals surface area contributed by atoms with Crippen LogP contribution in [-0.2, 0) is 11.3 Å². The fourth-order valence-corrected chi connectivity index (χ4v) is 3.94. The van der Waals surface area contributed by atoms with Gasteiger partial charge in [0.15, 0.2) is 0 Å². The Morgan fingerprint density at radius 1 is 1.04 bits per heavy atom. The monoisotopic (exact) mass is 348 g/mol. The summed E-state index contributed by atoms with van der Waals surface area (Å²) in [6, 6.07) is 20.7. The van der Waals surface area contributed by atoms with Crippen molar-refractivity contribution in [2.24, 2.45) is 0 Å². The summed E-state index contributed by atoms with van der Waals surface area (Å²) in [6.45, 7) is 0.710. The van der Waals surface area contributed by atoms with Crippen LogP contribution >= 0.6 is 11.8 Å². The molecule has 0 spiro atoms. The van der Waals surface area contributed by atoms with Gasteiger partial charge in [0, 0.05) is 29.1 Å². The zero-order chi connectivity index (χ0) is 17.1. The Kier molecular flexibility index (Phi) is 4.70. The Morgan fingerprint density at radius 2 is 1.80 bits per heavy atom. The van der Waals surface area contributed by atoms with Crippen LogP contribution in [0.4, 0.5) is 0 Å². The fraction of sp³-hybridized carbons (Fsp3) is 0.238. The highest BCUT2D eigenvalue weighted by molar-refractivity contribution is 8.00. The number of carbonyl (C=O) groups is 1. The predicted molar refractivity (Wildman–Crippen MR) is 102 cm³/mol. The minimum absolute atomic E-state index is 0.220. The van der Waals surface area contributed by atoms with Gasteiger partial charge in [-0.25, -0.2) is 0 Å². The van der Waals surface area contributed by atoms with Crippen molar-refractivity contribution in [2.75, 3.05) is 5.75 Å². The van der Waals surface area contributed by atoms with Crippen LogP contribution in [0.2, 0.25) is 0 Å². The molecule has 1 saturated carbocycles. The van der Waals surface area contributed by atoms with Crippen molar-refractivity contribution in [1.82, 2.24) is 9.88 Å². The Balaban J connectivity index is 1.46. The van der Waals surface area contributed by atoms with E-state index in [1.54, 1.807) is 11.8 Å². The van der Waals surface area contributed by atoms with Crippen molar-refractivity contribution in [1.29, 1.82) is 0 Å². The molecule has 1 amide bonds. The molecule has 4 heteroatoms. The maximum Gasteiger partial charge on any atom is 0.233 e. The largest absolute Gasteiger partial charge is 0.335 e. The van der Waals surface area contributed by atoms with E-state index in [0.717, 1.165) is 28.6 Å². The maximum atomic E-state index is 12.8. The normalized spacial score (nSPS) is 13.8. The molecule has 126 valence electrons. The van der Waals surface area contributed by atoms with Gasteiger partial charge in [0.25, 0.3) is 0 Å². The predicted octanol–water partition coefficient (Wildman–Crippen LogP) is 4.52. The van der Waals surface area contributed by atoms with Crippen molar-refractivity contribution >= 4 is 28.6 Å². The number of nitrogens with zero attached hydrogens (tertiary/aromatic N) is 2. The lowest BCUT2D eigenvalue weighted by Gasteiger charge is -2.22. The van der Waals surface area contributed by atoms with Gasteiger partial charge in [0.05, 0.1) is 11.3 Å². The lowest BCUT2D eigenvalue weighted by Crippen LogP contribution is -2.33. The SMILES string of the molecule is O=C(CSc1ccnc2ccccc12)N(Cc1ccccc1)C1CC1. The number of hydrogen-bond donors (Lipinski definition) is 0. The molecule has 0 bridgehead atoms. The molecule has 0 radical (unpaired) electrons. The van der Waals surface area contributed by atoms with Crippen LogP contribution in [-0.4, -0.2) is 27.6 Å². The summed E-state index contributed by atoms with van der Waals surface area (Å²) in [5, 5.41) is 1.11. The van der Waals surface area contributed by atoms with Crippen molar-refractivity contribution in [3.8, 4) is 0 Å². The minimum atomic E-state index is 0.220. The van der Waals surface area contributed by atoms with E-state index in [0.29, 0.717) is 18.3 Å². The molecule has 3 nitrogen and oxygen atoms in total. The second-order valence-corrected chi connectivity index (χ2v) is 7.37. The molecule has 0 unspecified atom stereocenters. The number of fused-ring (bicyclic) bond motifs is 1. The summed E-state index contributed by atoms with van der Waals surface area (Å²) in [5.74, 6) is 0.689. The third kappa shape index (κ3) is 3.85. The van der Waals surface area contributed by atoms with E-state index in [1.807, 2.05) is 53.6 Å². The van der Waals surface area contributed by atoms with E-state index >= 15 is 0 Å². The number of thioether (sulfide) groups is 1. The quantitative estimate of drug-likeness (QED) is 0.614. The summed E-state index contributed by atoms with van der Waals surface area (Å²) in [5.41, 5.74) is 2.17. The first-order valence-corrected chi connectivity index (χ1v) is 9.60. The maximum absolute atomic E-state index is 12.8. The van der Waals surface area contributed by atoms with Crippen molar-refractivity contribution in [3.05, 3.63) is 72.4 Å². The van der Waals surface area contributed by atoms with E-state index in [4.69, 9.17) is 0 Å². The first kappa shape index (κ1) is 16.2. The van der Waals surface area contributed by atoms with Crippen LogP contribution in [0, 0.1) is 0 Å². The van der Waals surface area contributed by atoms with Crippen LogP contribution in [0.15, 0.2) is 71.8 Å². The summed E-state index contributed by atoms with van der Waals surface area (Å²) in [6.07, 6.45) is 4.07. The molecule has 1 aliphatic rings. The summed E-state index contributed by atoms with van der Waals surface area (Å²) in [7, 11) is 0. The molecule has 4 rings (SSSR count). The molecule has 1 heterocycles. The van der Waals surface area contributed by atoms with Gasteiger partial charge in [-0.1, -0.05) is 48.5 Å². The lowest BCUT2D eigenvalue weighted by molar-refractivity contribution is -0.129. The average molecular weight is 348 g/mol. The number of pyridine rings is 1. The summed E-state index contributed by atoms with van der Waals surface area (Å²) in [4.78, 5) is 20.4. The second-order valence-electron chi connectivity index (χ2n) is 6.35. The van der Waals surface area contributed by atoms with Gasteiger partial charge in [-0.15, -0.1) is 11.8 Å². The number of rotatable bonds is 6. The van der Waals surface area contributed by atoms with Gasteiger partial charge < -0.3 is 4.90 Å². The average Bonchev–Trinajstić information content (AvgIpc) is 3.50. The highest BCUT2D eigenvalue weighted by Crippen LogP contribution is 2.31. The Bertz CT molecular complexity index is 872. The lowest BCUT2D eigenvalue weighted by atomic mass is 10.2. The number of amides is 1. The summed E-state index contributed by atoms with van der Waals surface area (Å²) >= 11 is 1.61. The van der Waals surface area contributed by atoms with Gasteiger partial charge in [0.1, 0.15) is 0 Å². The fourth-order valence-electron chi connectivity index (χ4n) is 3.01. The third-order valence-electron chi connectivity index (χ3n) is 4.46. The third-order valence-corrected chi connectivity index (χ3v) is 5.52. The molecular formula is C21H20N2OS.